The fourth-order valence-corrected chi connectivity index (χ4v) is 3.16. The van der Waals surface area contributed by atoms with Crippen LogP contribution in [0.2, 0.25) is 0 Å². The van der Waals surface area contributed by atoms with Gasteiger partial charge in [0, 0.05) is 19.1 Å². The molecule has 0 atom stereocenters. The molecule has 4 heteroatoms. The van der Waals surface area contributed by atoms with Gasteiger partial charge in [-0.1, -0.05) is 6.92 Å². The van der Waals surface area contributed by atoms with Gasteiger partial charge in [0.25, 0.3) is 0 Å². The van der Waals surface area contributed by atoms with E-state index in [2.05, 4.69) is 17.1 Å². The Balaban J connectivity index is 1.61. The molecule has 0 aliphatic carbocycles. The van der Waals surface area contributed by atoms with Gasteiger partial charge in [-0.05, 0) is 58.2 Å². The maximum Gasteiger partial charge on any atom is 0.236 e. The van der Waals surface area contributed by atoms with Gasteiger partial charge in [-0.2, -0.15) is 0 Å². The third-order valence-corrected chi connectivity index (χ3v) is 4.38. The van der Waals surface area contributed by atoms with Crippen molar-refractivity contribution in [2.75, 3.05) is 39.3 Å². The van der Waals surface area contributed by atoms with Gasteiger partial charge in [0.2, 0.25) is 5.91 Å². The molecule has 0 aromatic rings. The van der Waals surface area contributed by atoms with Gasteiger partial charge in [0.1, 0.15) is 0 Å². The van der Waals surface area contributed by atoms with Gasteiger partial charge in [0.05, 0.1) is 6.54 Å². The second-order valence-corrected chi connectivity index (χ2v) is 5.94. The van der Waals surface area contributed by atoms with Crippen molar-refractivity contribution in [3.8, 4) is 0 Å². The van der Waals surface area contributed by atoms with E-state index in [0.29, 0.717) is 18.5 Å². The lowest BCUT2D eigenvalue weighted by Gasteiger charge is -2.33. The molecular weight excluding hydrogens is 238 g/mol. The Hall–Kier alpha value is -0.610. The molecule has 2 aliphatic heterocycles. The first-order valence-electron chi connectivity index (χ1n) is 8.03. The third-order valence-electron chi connectivity index (χ3n) is 4.38. The molecule has 0 aromatic carbocycles. The normalized spacial score (nSPS) is 22.7. The average Bonchev–Trinajstić information content (AvgIpc) is 2.47. The van der Waals surface area contributed by atoms with Gasteiger partial charge < -0.3 is 15.1 Å². The molecule has 0 bridgehead atoms. The highest BCUT2D eigenvalue weighted by molar-refractivity contribution is 5.78. The molecule has 0 saturated carbocycles. The smallest absolute Gasteiger partial charge is 0.236 e. The van der Waals surface area contributed by atoms with E-state index in [-0.39, 0.29) is 0 Å². The number of carbonyl (C=O) groups excluding carboxylic acids is 1. The molecule has 2 fully saturated rings. The Morgan fingerprint density at radius 3 is 2.42 bits per heavy atom. The van der Waals surface area contributed by atoms with Crippen LogP contribution < -0.4 is 5.32 Å². The fourth-order valence-electron chi connectivity index (χ4n) is 3.16. The van der Waals surface area contributed by atoms with Crippen LogP contribution in [0.1, 0.15) is 45.4 Å². The summed E-state index contributed by atoms with van der Waals surface area (Å²) in [6.07, 6.45) is 7.27. The molecule has 2 saturated heterocycles. The Bertz CT molecular complexity index is 269. The van der Waals surface area contributed by atoms with Crippen molar-refractivity contribution in [1.82, 2.24) is 15.1 Å². The van der Waals surface area contributed by atoms with E-state index in [0.717, 1.165) is 13.1 Å². The highest BCUT2D eigenvalue weighted by Gasteiger charge is 2.21. The number of piperidine rings is 2. The van der Waals surface area contributed by atoms with E-state index < -0.39 is 0 Å². The Kier molecular flexibility index (Phi) is 6.11. The predicted molar refractivity (Wildman–Crippen MR) is 78.2 cm³/mol. The molecule has 0 radical (unpaired) electrons. The molecule has 4 nitrogen and oxygen atoms in total. The highest BCUT2D eigenvalue weighted by Crippen LogP contribution is 2.11. The molecule has 19 heavy (non-hydrogen) atoms. The van der Waals surface area contributed by atoms with Crippen LogP contribution in [0.4, 0.5) is 0 Å². The van der Waals surface area contributed by atoms with Crippen LogP contribution in [0.5, 0.6) is 0 Å². The highest BCUT2D eigenvalue weighted by atomic mass is 16.2. The number of likely N-dealkylation sites (tertiary alicyclic amines) is 2. The maximum absolute atomic E-state index is 12.1. The zero-order valence-corrected chi connectivity index (χ0v) is 12.4. The van der Waals surface area contributed by atoms with Gasteiger partial charge in [-0.15, -0.1) is 0 Å². The van der Waals surface area contributed by atoms with Crippen molar-refractivity contribution < 1.29 is 4.79 Å². The van der Waals surface area contributed by atoms with Crippen molar-refractivity contribution in [3.05, 3.63) is 0 Å². The second kappa shape index (κ2) is 7.85. The molecule has 0 aromatic heterocycles. The second-order valence-electron chi connectivity index (χ2n) is 5.94. The quantitative estimate of drug-likeness (QED) is 0.819. The lowest BCUT2D eigenvalue weighted by molar-refractivity contribution is -0.131. The lowest BCUT2D eigenvalue weighted by Crippen LogP contribution is -2.47. The summed E-state index contributed by atoms with van der Waals surface area (Å²) in [6.45, 7) is 8.30. The topological polar surface area (TPSA) is 35.6 Å². The number of amides is 1. The van der Waals surface area contributed by atoms with Gasteiger partial charge in [-0.3, -0.25) is 4.79 Å². The molecule has 0 spiro atoms. The zero-order chi connectivity index (χ0) is 13.5. The third kappa shape index (κ3) is 4.77. The SMILES string of the molecule is CCCN1CCC(NCC(=O)N2CCCCC2)CC1. The molecule has 1 amide bonds. The summed E-state index contributed by atoms with van der Waals surface area (Å²) in [4.78, 5) is 16.6. The van der Waals surface area contributed by atoms with Crippen molar-refractivity contribution in [3.63, 3.8) is 0 Å². The summed E-state index contributed by atoms with van der Waals surface area (Å²) in [6, 6.07) is 0.543. The molecule has 2 aliphatic rings. The van der Waals surface area contributed by atoms with Crippen LogP contribution in [0, 0.1) is 0 Å². The average molecular weight is 267 g/mol. The van der Waals surface area contributed by atoms with Crippen LogP contribution >= 0.6 is 0 Å². The summed E-state index contributed by atoms with van der Waals surface area (Å²) in [5.41, 5.74) is 0. The van der Waals surface area contributed by atoms with Crippen molar-refractivity contribution >= 4 is 5.91 Å². The molecule has 1 N–H and O–H groups in total. The number of hydrogen-bond donors (Lipinski definition) is 1. The summed E-state index contributed by atoms with van der Waals surface area (Å²) in [5.74, 6) is 0.302. The number of carbonyl (C=O) groups is 1. The minimum absolute atomic E-state index is 0.302. The van der Waals surface area contributed by atoms with E-state index >= 15 is 0 Å². The van der Waals surface area contributed by atoms with E-state index in [4.69, 9.17) is 0 Å². The predicted octanol–water partition coefficient (Wildman–Crippen LogP) is 1.46. The summed E-state index contributed by atoms with van der Waals surface area (Å²) in [5, 5.41) is 3.46. The number of nitrogens with one attached hydrogen (secondary N) is 1. The van der Waals surface area contributed by atoms with Crippen molar-refractivity contribution in [2.45, 2.75) is 51.5 Å². The molecule has 2 heterocycles. The summed E-state index contributed by atoms with van der Waals surface area (Å²) >= 11 is 0. The summed E-state index contributed by atoms with van der Waals surface area (Å²) < 4.78 is 0. The number of hydrogen-bond acceptors (Lipinski definition) is 3. The van der Waals surface area contributed by atoms with Crippen molar-refractivity contribution in [2.24, 2.45) is 0 Å². The summed E-state index contributed by atoms with van der Waals surface area (Å²) in [7, 11) is 0. The van der Waals surface area contributed by atoms with Gasteiger partial charge in [-0.25, -0.2) is 0 Å². The first-order valence-corrected chi connectivity index (χ1v) is 8.03. The van der Waals surface area contributed by atoms with E-state index in [1.54, 1.807) is 0 Å². The van der Waals surface area contributed by atoms with Gasteiger partial charge in [0.15, 0.2) is 0 Å². The van der Waals surface area contributed by atoms with Crippen LogP contribution in [0.3, 0.4) is 0 Å². The fraction of sp³-hybridized carbons (Fsp3) is 0.933. The van der Waals surface area contributed by atoms with Gasteiger partial charge >= 0.3 is 0 Å². The first kappa shape index (κ1) is 14.8. The minimum atomic E-state index is 0.302. The first-order chi connectivity index (χ1) is 9.29. The van der Waals surface area contributed by atoms with Crippen LogP contribution in [0.25, 0.3) is 0 Å². The number of rotatable bonds is 5. The van der Waals surface area contributed by atoms with E-state index in [9.17, 15) is 4.79 Å². The van der Waals surface area contributed by atoms with E-state index in [1.807, 2.05) is 4.90 Å². The molecular formula is C15H29N3O. The van der Waals surface area contributed by atoms with E-state index in [1.165, 1.54) is 58.2 Å². The van der Waals surface area contributed by atoms with Crippen LogP contribution in [-0.4, -0.2) is 61.0 Å². The zero-order valence-electron chi connectivity index (χ0n) is 12.4. The largest absolute Gasteiger partial charge is 0.342 e. The monoisotopic (exact) mass is 267 g/mol. The minimum Gasteiger partial charge on any atom is -0.342 e. The molecule has 2 rings (SSSR count). The standard InChI is InChI=1S/C15H29N3O/c1-2-8-17-11-6-14(7-12-17)16-13-15(19)18-9-4-3-5-10-18/h14,16H,2-13H2,1H3. The Morgan fingerprint density at radius 2 is 1.79 bits per heavy atom. The van der Waals surface area contributed by atoms with Crippen LogP contribution in [0.15, 0.2) is 0 Å². The Labute approximate surface area is 117 Å². The maximum atomic E-state index is 12.1. The van der Waals surface area contributed by atoms with Crippen molar-refractivity contribution in [1.29, 1.82) is 0 Å². The molecule has 0 unspecified atom stereocenters. The van der Waals surface area contributed by atoms with Crippen LogP contribution in [-0.2, 0) is 4.79 Å². The molecule has 110 valence electrons. The Morgan fingerprint density at radius 1 is 1.11 bits per heavy atom. The lowest BCUT2D eigenvalue weighted by atomic mass is 10.0. The number of nitrogens with zero attached hydrogens (tertiary/aromatic N) is 2.